The van der Waals surface area contributed by atoms with Gasteiger partial charge in [0.15, 0.2) is 0 Å². The molecule has 0 saturated carbocycles. The van der Waals surface area contributed by atoms with Crippen molar-refractivity contribution in [3.63, 3.8) is 0 Å². The van der Waals surface area contributed by atoms with Gasteiger partial charge < -0.3 is 9.64 Å². The highest BCUT2D eigenvalue weighted by molar-refractivity contribution is 5.97. The molecule has 198 valence electrons. The Morgan fingerprint density at radius 2 is 1.61 bits per heavy atom. The molecule has 0 radical (unpaired) electrons. The Morgan fingerprint density at radius 1 is 0.805 bits per heavy atom. The van der Waals surface area contributed by atoms with E-state index in [9.17, 15) is 0 Å². The molecule has 3 heteroatoms. The highest BCUT2D eigenvalue weighted by Gasteiger charge is 2.38. The SMILES string of the molecule is C=C1/C=C\c2c(n(-c3ccc(CN4c5ccccc5C4C4C=CC=CC4)cc3)c3ccccc23)Oc2ccccc21. The first-order valence-corrected chi connectivity index (χ1v) is 14.3. The van der Waals surface area contributed by atoms with Gasteiger partial charge in [-0.25, -0.2) is 0 Å². The minimum atomic E-state index is 0.412. The van der Waals surface area contributed by atoms with E-state index in [0.717, 1.165) is 57.9 Å². The highest BCUT2D eigenvalue weighted by Crippen LogP contribution is 2.50. The molecule has 3 aliphatic rings. The van der Waals surface area contributed by atoms with Gasteiger partial charge in [-0.05, 0) is 59.5 Å². The van der Waals surface area contributed by atoms with Crippen molar-refractivity contribution in [1.29, 1.82) is 0 Å². The van der Waals surface area contributed by atoms with Crippen LogP contribution in [0.4, 0.5) is 5.69 Å². The summed E-state index contributed by atoms with van der Waals surface area (Å²) in [6.07, 6.45) is 14.3. The van der Waals surface area contributed by atoms with E-state index in [-0.39, 0.29) is 0 Å². The summed E-state index contributed by atoms with van der Waals surface area (Å²) in [7, 11) is 0. The minimum absolute atomic E-state index is 0.412. The zero-order valence-corrected chi connectivity index (χ0v) is 22.8. The van der Waals surface area contributed by atoms with E-state index in [0.29, 0.717) is 12.0 Å². The molecule has 8 rings (SSSR count). The molecule has 2 unspecified atom stereocenters. The van der Waals surface area contributed by atoms with Gasteiger partial charge in [0.1, 0.15) is 5.75 Å². The third-order valence-electron chi connectivity index (χ3n) is 8.63. The summed E-state index contributed by atoms with van der Waals surface area (Å²) in [4.78, 5) is 2.57. The molecule has 41 heavy (non-hydrogen) atoms. The lowest BCUT2D eigenvalue weighted by Gasteiger charge is -2.48. The van der Waals surface area contributed by atoms with Gasteiger partial charge in [-0.2, -0.15) is 0 Å². The largest absolute Gasteiger partial charge is 0.439 e. The van der Waals surface area contributed by atoms with Gasteiger partial charge in [-0.1, -0.05) is 104 Å². The fourth-order valence-electron chi connectivity index (χ4n) is 6.64. The molecule has 1 aromatic heterocycles. The molecule has 0 N–H and O–H groups in total. The number of ether oxygens (including phenoxy) is 1. The maximum absolute atomic E-state index is 6.70. The van der Waals surface area contributed by atoms with Gasteiger partial charge in [0, 0.05) is 40.4 Å². The predicted molar refractivity (Wildman–Crippen MR) is 170 cm³/mol. The van der Waals surface area contributed by atoms with Crippen LogP contribution in [-0.2, 0) is 6.54 Å². The fraction of sp³-hybridized carbons (Fsp3) is 0.105. The van der Waals surface area contributed by atoms with Crippen LogP contribution in [-0.4, -0.2) is 4.57 Å². The van der Waals surface area contributed by atoms with E-state index in [1.165, 1.54) is 16.8 Å². The highest BCUT2D eigenvalue weighted by atomic mass is 16.5. The second-order valence-electron chi connectivity index (χ2n) is 11.0. The number of benzene rings is 4. The number of rotatable bonds is 4. The third-order valence-corrected chi connectivity index (χ3v) is 8.63. The second-order valence-corrected chi connectivity index (χ2v) is 11.0. The number of allylic oxidation sites excluding steroid dienone is 5. The molecular formula is C38H30N2O. The summed E-state index contributed by atoms with van der Waals surface area (Å²) in [5, 5.41) is 1.16. The number of aromatic nitrogens is 1. The van der Waals surface area contributed by atoms with Crippen molar-refractivity contribution in [1.82, 2.24) is 4.57 Å². The summed E-state index contributed by atoms with van der Waals surface area (Å²) in [5.41, 5.74) is 9.32. The van der Waals surface area contributed by atoms with Crippen LogP contribution in [0, 0.1) is 5.92 Å². The Bertz CT molecular complexity index is 1900. The second kappa shape index (κ2) is 9.57. The molecule has 1 aliphatic carbocycles. The summed E-state index contributed by atoms with van der Waals surface area (Å²) < 4.78 is 8.94. The van der Waals surface area contributed by atoms with Gasteiger partial charge in [0.25, 0.3) is 0 Å². The van der Waals surface area contributed by atoms with Crippen LogP contribution >= 0.6 is 0 Å². The first kappa shape index (κ1) is 23.8. The zero-order valence-electron chi connectivity index (χ0n) is 22.8. The van der Waals surface area contributed by atoms with Crippen molar-refractivity contribution < 1.29 is 4.74 Å². The molecular weight excluding hydrogens is 500 g/mol. The molecule has 0 saturated heterocycles. The fourth-order valence-corrected chi connectivity index (χ4v) is 6.64. The van der Waals surface area contributed by atoms with E-state index in [1.54, 1.807) is 0 Å². The summed E-state index contributed by atoms with van der Waals surface area (Å²) >= 11 is 0. The van der Waals surface area contributed by atoms with E-state index >= 15 is 0 Å². The summed E-state index contributed by atoms with van der Waals surface area (Å²) in [5.74, 6) is 2.14. The predicted octanol–water partition coefficient (Wildman–Crippen LogP) is 9.66. The Morgan fingerprint density at radius 3 is 2.49 bits per heavy atom. The van der Waals surface area contributed by atoms with Gasteiger partial charge in [0.05, 0.1) is 11.6 Å². The molecule has 0 amide bonds. The van der Waals surface area contributed by atoms with Gasteiger partial charge in [0.2, 0.25) is 5.88 Å². The number of fused-ring (bicyclic) bond motifs is 5. The lowest BCUT2D eigenvalue weighted by atomic mass is 9.80. The Labute approximate surface area is 240 Å². The molecule has 5 aromatic rings. The quantitative estimate of drug-likeness (QED) is 0.230. The average Bonchev–Trinajstić information content (AvgIpc) is 3.31. The average molecular weight is 531 g/mol. The summed E-state index contributed by atoms with van der Waals surface area (Å²) in [6, 6.07) is 34.9. The Balaban J connectivity index is 1.17. The van der Waals surface area contributed by atoms with Gasteiger partial charge in [-0.3, -0.25) is 4.57 Å². The molecule has 3 heterocycles. The molecule has 0 spiro atoms. The lowest BCUT2D eigenvalue weighted by molar-refractivity contribution is 0.439. The van der Waals surface area contributed by atoms with Gasteiger partial charge in [-0.15, -0.1) is 0 Å². The van der Waals surface area contributed by atoms with Crippen molar-refractivity contribution >= 4 is 28.2 Å². The van der Waals surface area contributed by atoms with Crippen LogP contribution < -0.4 is 9.64 Å². The standard InChI is InChI=1S/C38H30N2O/c1-26-19-24-32-31-14-5-9-17-35(31)40(38(32)41-36-18-10-7-13-30(26)36)29-22-20-27(21-23-29)25-39-34-16-8-6-15-33(34)37(39)28-11-3-2-4-12-28/h2-11,13-24,28,37H,1,12,25H2/b24-19-. The smallest absolute Gasteiger partial charge is 0.213 e. The van der Waals surface area contributed by atoms with Crippen LogP contribution in [0.15, 0.2) is 134 Å². The zero-order chi connectivity index (χ0) is 27.3. The van der Waals surface area contributed by atoms with E-state index in [2.05, 4.69) is 131 Å². The Hall–Kier alpha value is -5.02. The maximum atomic E-state index is 6.70. The van der Waals surface area contributed by atoms with Crippen molar-refractivity contribution in [2.24, 2.45) is 5.92 Å². The van der Waals surface area contributed by atoms with E-state index in [1.807, 2.05) is 18.2 Å². The van der Waals surface area contributed by atoms with Crippen LogP contribution in [0.3, 0.4) is 0 Å². The number of para-hydroxylation sites is 3. The monoisotopic (exact) mass is 530 g/mol. The topological polar surface area (TPSA) is 17.4 Å². The lowest BCUT2D eigenvalue weighted by Crippen LogP contribution is -2.41. The van der Waals surface area contributed by atoms with Crippen molar-refractivity contribution in [2.75, 3.05) is 4.90 Å². The van der Waals surface area contributed by atoms with Crippen molar-refractivity contribution in [3.8, 4) is 17.3 Å². The molecule has 2 aliphatic heterocycles. The molecule has 2 atom stereocenters. The molecule has 3 nitrogen and oxygen atoms in total. The summed E-state index contributed by atoms with van der Waals surface area (Å²) in [6.45, 7) is 5.17. The van der Waals surface area contributed by atoms with Crippen molar-refractivity contribution in [2.45, 2.75) is 19.0 Å². The minimum Gasteiger partial charge on any atom is -0.439 e. The van der Waals surface area contributed by atoms with Gasteiger partial charge >= 0.3 is 0 Å². The molecule has 0 fully saturated rings. The Kier molecular flexibility index (Phi) is 5.56. The van der Waals surface area contributed by atoms with E-state index < -0.39 is 0 Å². The van der Waals surface area contributed by atoms with Crippen LogP contribution in [0.25, 0.3) is 28.2 Å². The van der Waals surface area contributed by atoms with E-state index in [4.69, 9.17) is 4.74 Å². The van der Waals surface area contributed by atoms with Crippen LogP contribution in [0.2, 0.25) is 0 Å². The first-order chi connectivity index (χ1) is 20.3. The van der Waals surface area contributed by atoms with Crippen LogP contribution in [0.1, 0.15) is 34.7 Å². The normalized spacial score (nSPS) is 19.4. The number of hydrogen-bond donors (Lipinski definition) is 0. The first-order valence-electron chi connectivity index (χ1n) is 14.3. The number of nitrogens with zero attached hydrogens (tertiary/aromatic N) is 2. The van der Waals surface area contributed by atoms with Crippen LogP contribution in [0.5, 0.6) is 11.6 Å². The van der Waals surface area contributed by atoms with Crippen molar-refractivity contribution in [3.05, 3.63) is 156 Å². The molecule has 0 bridgehead atoms. The number of hydrogen-bond acceptors (Lipinski definition) is 2. The third kappa shape index (κ3) is 3.88. The maximum Gasteiger partial charge on any atom is 0.213 e. The molecule has 4 aromatic carbocycles. The number of anilines is 1.